The smallest absolute Gasteiger partial charge is 0.244 e. The van der Waals surface area contributed by atoms with Crippen molar-refractivity contribution in [1.82, 2.24) is 10.2 Å². The number of halogens is 1. The molecule has 2 atom stereocenters. The van der Waals surface area contributed by atoms with E-state index in [1.54, 1.807) is 12.1 Å². The van der Waals surface area contributed by atoms with Crippen molar-refractivity contribution < 1.29 is 18.0 Å². The molecule has 0 spiro atoms. The summed E-state index contributed by atoms with van der Waals surface area (Å²) in [4.78, 5) is 28.3. The van der Waals surface area contributed by atoms with Crippen LogP contribution in [0.15, 0.2) is 42.5 Å². The van der Waals surface area contributed by atoms with E-state index in [1.807, 2.05) is 58.9 Å². The second-order valence-electron chi connectivity index (χ2n) is 8.96. The van der Waals surface area contributed by atoms with E-state index in [0.29, 0.717) is 17.1 Å². The van der Waals surface area contributed by atoms with Gasteiger partial charge in [0.05, 0.1) is 11.9 Å². The highest BCUT2D eigenvalue weighted by molar-refractivity contribution is 7.92. The number of hydrogen-bond acceptors (Lipinski definition) is 4. The van der Waals surface area contributed by atoms with Gasteiger partial charge < -0.3 is 10.2 Å². The van der Waals surface area contributed by atoms with Crippen LogP contribution in [0.2, 0.25) is 5.02 Å². The van der Waals surface area contributed by atoms with Gasteiger partial charge in [0.1, 0.15) is 12.6 Å². The molecule has 2 rings (SSSR count). The van der Waals surface area contributed by atoms with Crippen molar-refractivity contribution in [3.63, 3.8) is 0 Å². The normalized spacial score (nSPS) is 13.1. The molecule has 7 nitrogen and oxygen atoms in total. The van der Waals surface area contributed by atoms with Crippen molar-refractivity contribution in [3.05, 3.63) is 64.2 Å². The Kier molecular flexibility index (Phi) is 10.2. The number of rotatable bonds is 11. The van der Waals surface area contributed by atoms with Crippen LogP contribution in [0.4, 0.5) is 5.69 Å². The average molecular weight is 522 g/mol. The zero-order valence-corrected chi connectivity index (χ0v) is 22.9. The monoisotopic (exact) mass is 521 g/mol. The Morgan fingerprint density at radius 1 is 1.06 bits per heavy atom. The molecule has 0 heterocycles. The number of carbonyl (C=O) groups is 2. The summed E-state index contributed by atoms with van der Waals surface area (Å²) in [5.41, 5.74) is 2.98. The van der Waals surface area contributed by atoms with Crippen LogP contribution in [0.5, 0.6) is 0 Å². The molecular formula is C26H36ClN3O4S. The van der Waals surface area contributed by atoms with E-state index in [2.05, 4.69) is 5.32 Å². The number of amides is 2. The highest BCUT2D eigenvalue weighted by atomic mass is 35.5. The number of nitrogens with zero attached hydrogens (tertiary/aromatic N) is 2. The van der Waals surface area contributed by atoms with Gasteiger partial charge in [0.25, 0.3) is 0 Å². The summed E-state index contributed by atoms with van der Waals surface area (Å²) in [7, 11) is -3.80. The van der Waals surface area contributed by atoms with Crippen molar-refractivity contribution in [2.24, 2.45) is 0 Å². The van der Waals surface area contributed by atoms with E-state index in [0.717, 1.165) is 33.7 Å². The first-order chi connectivity index (χ1) is 16.4. The third-order valence-corrected chi connectivity index (χ3v) is 7.49. The minimum atomic E-state index is -3.80. The van der Waals surface area contributed by atoms with Crippen molar-refractivity contribution in [2.75, 3.05) is 17.1 Å². The lowest BCUT2D eigenvalue weighted by atomic mass is 10.1. The molecule has 0 aliphatic rings. The van der Waals surface area contributed by atoms with Gasteiger partial charge in [0.15, 0.2) is 0 Å². The van der Waals surface area contributed by atoms with Crippen molar-refractivity contribution >= 4 is 39.1 Å². The number of carbonyl (C=O) groups excluding carboxylic acids is 2. The van der Waals surface area contributed by atoms with Crippen molar-refractivity contribution in [2.45, 2.75) is 66.1 Å². The van der Waals surface area contributed by atoms with Crippen LogP contribution < -0.4 is 9.62 Å². The highest BCUT2D eigenvalue weighted by Gasteiger charge is 2.32. The number of nitrogens with one attached hydrogen (secondary N) is 1. The van der Waals surface area contributed by atoms with Crippen molar-refractivity contribution in [1.29, 1.82) is 0 Å². The van der Waals surface area contributed by atoms with Crippen LogP contribution in [-0.2, 0) is 26.2 Å². The van der Waals surface area contributed by atoms with Gasteiger partial charge in [-0.1, -0.05) is 61.3 Å². The lowest BCUT2D eigenvalue weighted by Crippen LogP contribution is -2.53. The SMILES string of the molecule is CC[C@H](C)NC(=O)[C@H](CC)N(Cc1cccc(C)c1)C(=O)CN(c1ccc(C)c(Cl)c1)S(C)(=O)=O. The van der Waals surface area contributed by atoms with Crippen LogP contribution in [-0.4, -0.2) is 50.0 Å². The molecule has 0 radical (unpaired) electrons. The van der Waals surface area contributed by atoms with E-state index in [4.69, 9.17) is 11.6 Å². The topological polar surface area (TPSA) is 86.8 Å². The Morgan fingerprint density at radius 3 is 2.29 bits per heavy atom. The van der Waals surface area contributed by atoms with Crippen molar-refractivity contribution in [3.8, 4) is 0 Å². The van der Waals surface area contributed by atoms with Crippen LogP contribution in [0.25, 0.3) is 0 Å². The van der Waals surface area contributed by atoms with Crippen LogP contribution in [0.1, 0.15) is 50.3 Å². The number of anilines is 1. The maximum Gasteiger partial charge on any atom is 0.244 e. The molecule has 0 fully saturated rings. The Bertz CT molecular complexity index is 1150. The first-order valence-electron chi connectivity index (χ1n) is 11.8. The van der Waals surface area contributed by atoms with Gasteiger partial charge in [0, 0.05) is 17.6 Å². The molecule has 9 heteroatoms. The lowest BCUT2D eigenvalue weighted by molar-refractivity contribution is -0.140. The molecule has 0 saturated heterocycles. The molecule has 0 saturated carbocycles. The molecule has 0 aromatic heterocycles. The zero-order valence-electron chi connectivity index (χ0n) is 21.3. The van der Waals surface area contributed by atoms with Gasteiger partial charge in [-0.2, -0.15) is 0 Å². The first kappa shape index (κ1) is 28.7. The van der Waals surface area contributed by atoms with E-state index in [1.165, 1.54) is 11.0 Å². The predicted octanol–water partition coefficient (Wildman–Crippen LogP) is 4.44. The lowest BCUT2D eigenvalue weighted by Gasteiger charge is -2.33. The largest absolute Gasteiger partial charge is 0.352 e. The van der Waals surface area contributed by atoms with Gasteiger partial charge in [0.2, 0.25) is 21.8 Å². The van der Waals surface area contributed by atoms with Gasteiger partial charge in [-0.25, -0.2) is 8.42 Å². The minimum absolute atomic E-state index is 0.0466. The molecule has 35 heavy (non-hydrogen) atoms. The number of hydrogen-bond donors (Lipinski definition) is 1. The van der Waals surface area contributed by atoms with Crippen LogP contribution in [0.3, 0.4) is 0 Å². The molecular weight excluding hydrogens is 486 g/mol. The fourth-order valence-electron chi connectivity index (χ4n) is 3.72. The van der Waals surface area contributed by atoms with E-state index in [-0.39, 0.29) is 18.5 Å². The van der Waals surface area contributed by atoms with E-state index >= 15 is 0 Å². The van der Waals surface area contributed by atoms with E-state index in [9.17, 15) is 18.0 Å². The molecule has 1 N–H and O–H groups in total. The number of sulfonamides is 1. The molecule has 0 unspecified atom stereocenters. The zero-order chi connectivity index (χ0) is 26.3. The maximum atomic E-state index is 13.7. The number of benzene rings is 2. The quantitative estimate of drug-likeness (QED) is 0.473. The first-order valence-corrected chi connectivity index (χ1v) is 14.0. The summed E-state index contributed by atoms with van der Waals surface area (Å²) in [6, 6.07) is 11.7. The fourth-order valence-corrected chi connectivity index (χ4v) is 4.73. The van der Waals surface area contributed by atoms with E-state index < -0.39 is 28.5 Å². The molecule has 192 valence electrons. The Hall–Kier alpha value is -2.58. The van der Waals surface area contributed by atoms with Crippen LogP contribution in [0, 0.1) is 13.8 Å². The molecule has 0 aliphatic carbocycles. The Morgan fingerprint density at radius 2 is 1.74 bits per heavy atom. The third kappa shape index (κ3) is 7.97. The summed E-state index contributed by atoms with van der Waals surface area (Å²) in [6.45, 7) is 9.21. The summed E-state index contributed by atoms with van der Waals surface area (Å²) in [6.07, 6.45) is 2.19. The molecule has 0 aliphatic heterocycles. The molecule has 2 amide bonds. The van der Waals surface area contributed by atoms with Gasteiger partial charge in [-0.3, -0.25) is 13.9 Å². The molecule has 2 aromatic carbocycles. The maximum absolute atomic E-state index is 13.7. The summed E-state index contributed by atoms with van der Waals surface area (Å²) < 4.78 is 26.4. The van der Waals surface area contributed by atoms with Gasteiger partial charge >= 0.3 is 0 Å². The fraction of sp³-hybridized carbons (Fsp3) is 0.462. The average Bonchev–Trinajstić information content (AvgIpc) is 2.78. The van der Waals surface area contributed by atoms with Gasteiger partial charge in [-0.15, -0.1) is 0 Å². The highest BCUT2D eigenvalue weighted by Crippen LogP contribution is 2.25. The summed E-state index contributed by atoms with van der Waals surface area (Å²) in [5, 5.41) is 3.36. The molecule has 0 bridgehead atoms. The second kappa shape index (κ2) is 12.4. The van der Waals surface area contributed by atoms with Gasteiger partial charge in [-0.05, 0) is 56.9 Å². The van der Waals surface area contributed by atoms with Crippen LogP contribution >= 0.6 is 11.6 Å². The molecule has 2 aromatic rings. The second-order valence-corrected chi connectivity index (χ2v) is 11.3. The third-order valence-electron chi connectivity index (χ3n) is 5.94. The summed E-state index contributed by atoms with van der Waals surface area (Å²) >= 11 is 6.24. The Labute approximate surface area is 214 Å². The predicted molar refractivity (Wildman–Crippen MR) is 142 cm³/mol. The Balaban J connectivity index is 2.46. The summed E-state index contributed by atoms with van der Waals surface area (Å²) in [5.74, 6) is -0.730. The number of aryl methyl sites for hydroxylation is 2. The minimum Gasteiger partial charge on any atom is -0.352 e. The standard InChI is InChI=1S/C26H36ClN3O4S/c1-7-20(5)28-26(32)24(8-2)29(16-21-11-9-10-18(3)14-21)25(31)17-30(35(6,33)34)22-13-12-19(4)23(27)15-22/h9-15,20,24H,7-8,16-17H2,1-6H3,(H,28,32)/t20-,24-/m0/s1.